The molecule has 2 aromatic heterocycles. The van der Waals surface area contributed by atoms with Gasteiger partial charge in [-0.2, -0.15) is 0 Å². The van der Waals surface area contributed by atoms with Crippen LogP contribution in [0.5, 0.6) is 0 Å². The Balaban J connectivity index is 2.06. The topological polar surface area (TPSA) is 49.8 Å². The fourth-order valence-electron chi connectivity index (χ4n) is 1.67. The zero-order valence-electron chi connectivity index (χ0n) is 11.0. The Morgan fingerprint density at radius 1 is 1.26 bits per heavy atom. The lowest BCUT2D eigenvalue weighted by atomic mass is 10.3. The normalized spacial score (nSPS) is 10.5. The van der Waals surface area contributed by atoms with Crippen molar-refractivity contribution < 1.29 is 0 Å². The van der Waals surface area contributed by atoms with Gasteiger partial charge in [-0.15, -0.1) is 11.3 Å². The number of nitrogens with one attached hydrogen (secondary N) is 2. The molecule has 0 spiro atoms. The van der Waals surface area contributed by atoms with E-state index in [0.29, 0.717) is 0 Å². The van der Waals surface area contributed by atoms with Gasteiger partial charge in [0.2, 0.25) is 0 Å². The van der Waals surface area contributed by atoms with Crippen molar-refractivity contribution in [3.63, 3.8) is 0 Å². The minimum Gasteiger partial charge on any atom is -0.370 e. The van der Waals surface area contributed by atoms with Crippen LogP contribution in [0.15, 0.2) is 22.2 Å². The quantitative estimate of drug-likeness (QED) is 0.832. The van der Waals surface area contributed by atoms with Gasteiger partial charge in [0.05, 0.1) is 6.54 Å². The summed E-state index contributed by atoms with van der Waals surface area (Å²) in [6, 6.07) is 2.06. The average molecular weight is 341 g/mol. The van der Waals surface area contributed by atoms with Gasteiger partial charge in [0.1, 0.15) is 18.0 Å². The molecule has 0 fully saturated rings. The average Bonchev–Trinajstić information content (AvgIpc) is 2.82. The number of halogens is 1. The van der Waals surface area contributed by atoms with E-state index in [-0.39, 0.29) is 0 Å². The molecule has 0 aliphatic rings. The number of nitrogens with zero attached hydrogens (tertiary/aromatic N) is 2. The van der Waals surface area contributed by atoms with Crippen LogP contribution in [0.25, 0.3) is 0 Å². The lowest BCUT2D eigenvalue weighted by Gasteiger charge is -2.12. The molecule has 0 amide bonds. The molecule has 102 valence electrons. The standard InChI is InChI=1S/C13H17BrN4S/c1-3-5-15-12-9(2)13(18-8-17-12)16-7-11-10(14)4-6-19-11/h4,6,8H,3,5,7H2,1-2H3,(H2,15,16,17,18). The Morgan fingerprint density at radius 2 is 2.00 bits per heavy atom. The zero-order chi connectivity index (χ0) is 13.7. The van der Waals surface area contributed by atoms with E-state index in [1.54, 1.807) is 17.7 Å². The van der Waals surface area contributed by atoms with Gasteiger partial charge in [-0.25, -0.2) is 9.97 Å². The second-order valence-corrected chi connectivity index (χ2v) is 6.02. The zero-order valence-corrected chi connectivity index (χ0v) is 13.4. The molecule has 0 saturated carbocycles. The summed E-state index contributed by atoms with van der Waals surface area (Å²) in [5, 5.41) is 8.74. The Labute approximate surface area is 125 Å². The van der Waals surface area contributed by atoms with Crippen LogP contribution in [0, 0.1) is 6.92 Å². The summed E-state index contributed by atoms with van der Waals surface area (Å²) >= 11 is 5.26. The monoisotopic (exact) mass is 340 g/mol. The maximum absolute atomic E-state index is 4.30. The van der Waals surface area contributed by atoms with Crippen LogP contribution < -0.4 is 10.6 Å². The number of anilines is 2. The molecular formula is C13H17BrN4S. The second kappa shape index (κ2) is 6.86. The molecule has 0 radical (unpaired) electrons. The molecule has 6 heteroatoms. The molecule has 0 atom stereocenters. The van der Waals surface area contributed by atoms with Crippen molar-refractivity contribution in [1.29, 1.82) is 0 Å². The van der Waals surface area contributed by atoms with E-state index in [0.717, 1.165) is 41.2 Å². The van der Waals surface area contributed by atoms with E-state index in [2.05, 4.69) is 54.9 Å². The second-order valence-electron chi connectivity index (χ2n) is 4.17. The summed E-state index contributed by atoms with van der Waals surface area (Å²) in [4.78, 5) is 9.84. The smallest absolute Gasteiger partial charge is 0.134 e. The number of hydrogen-bond acceptors (Lipinski definition) is 5. The first-order valence-electron chi connectivity index (χ1n) is 6.23. The van der Waals surface area contributed by atoms with E-state index in [9.17, 15) is 0 Å². The van der Waals surface area contributed by atoms with Crippen molar-refractivity contribution in [2.75, 3.05) is 17.2 Å². The summed E-state index contributed by atoms with van der Waals surface area (Å²) in [6.45, 7) is 5.86. The minimum absolute atomic E-state index is 0.767. The lowest BCUT2D eigenvalue weighted by Crippen LogP contribution is -2.08. The fraction of sp³-hybridized carbons (Fsp3) is 0.385. The Bertz CT molecular complexity index is 541. The first-order chi connectivity index (χ1) is 9.22. The third-order valence-electron chi connectivity index (χ3n) is 2.73. The van der Waals surface area contributed by atoms with E-state index < -0.39 is 0 Å². The highest BCUT2D eigenvalue weighted by Gasteiger charge is 2.07. The van der Waals surface area contributed by atoms with Crippen LogP contribution in [-0.4, -0.2) is 16.5 Å². The van der Waals surface area contributed by atoms with Crippen molar-refractivity contribution in [2.45, 2.75) is 26.8 Å². The van der Waals surface area contributed by atoms with Gasteiger partial charge < -0.3 is 10.6 Å². The van der Waals surface area contributed by atoms with Crippen LogP contribution in [0.1, 0.15) is 23.8 Å². The van der Waals surface area contributed by atoms with Gasteiger partial charge in [-0.3, -0.25) is 0 Å². The van der Waals surface area contributed by atoms with Crippen LogP contribution in [0.2, 0.25) is 0 Å². The van der Waals surface area contributed by atoms with Gasteiger partial charge in [0, 0.05) is 21.5 Å². The molecule has 0 saturated heterocycles. The van der Waals surface area contributed by atoms with Gasteiger partial charge >= 0.3 is 0 Å². The van der Waals surface area contributed by atoms with Crippen LogP contribution in [-0.2, 0) is 6.54 Å². The predicted octanol–water partition coefficient (Wildman–Crippen LogP) is 4.04. The number of hydrogen-bond donors (Lipinski definition) is 2. The first-order valence-corrected chi connectivity index (χ1v) is 7.90. The summed E-state index contributed by atoms with van der Waals surface area (Å²) in [6.07, 6.45) is 2.67. The number of rotatable bonds is 6. The Morgan fingerprint density at radius 3 is 2.63 bits per heavy atom. The summed E-state index contributed by atoms with van der Waals surface area (Å²) in [5.74, 6) is 1.79. The van der Waals surface area contributed by atoms with E-state index in [1.165, 1.54) is 4.88 Å². The van der Waals surface area contributed by atoms with Crippen molar-refractivity contribution in [1.82, 2.24) is 9.97 Å². The molecule has 0 aliphatic heterocycles. The van der Waals surface area contributed by atoms with Crippen molar-refractivity contribution >= 4 is 38.9 Å². The number of thiophene rings is 1. The molecule has 19 heavy (non-hydrogen) atoms. The molecule has 2 rings (SSSR count). The van der Waals surface area contributed by atoms with Crippen LogP contribution in [0.3, 0.4) is 0 Å². The van der Waals surface area contributed by atoms with Gasteiger partial charge in [-0.05, 0) is 40.7 Å². The Kier molecular flexibility index (Phi) is 5.15. The highest BCUT2D eigenvalue weighted by molar-refractivity contribution is 9.10. The Hall–Kier alpha value is -1.14. The first kappa shape index (κ1) is 14.3. The van der Waals surface area contributed by atoms with Crippen molar-refractivity contribution in [3.8, 4) is 0 Å². The van der Waals surface area contributed by atoms with E-state index in [4.69, 9.17) is 0 Å². The largest absolute Gasteiger partial charge is 0.370 e. The SMILES string of the molecule is CCCNc1ncnc(NCc2sccc2Br)c1C. The summed E-state index contributed by atoms with van der Waals surface area (Å²) in [7, 11) is 0. The summed E-state index contributed by atoms with van der Waals surface area (Å²) < 4.78 is 1.14. The third kappa shape index (κ3) is 3.67. The maximum atomic E-state index is 4.30. The van der Waals surface area contributed by atoms with E-state index >= 15 is 0 Å². The highest BCUT2D eigenvalue weighted by Crippen LogP contribution is 2.24. The molecule has 0 aromatic carbocycles. The van der Waals surface area contributed by atoms with Crippen molar-refractivity contribution in [2.24, 2.45) is 0 Å². The van der Waals surface area contributed by atoms with Crippen LogP contribution >= 0.6 is 27.3 Å². The molecule has 2 N–H and O–H groups in total. The molecule has 4 nitrogen and oxygen atoms in total. The van der Waals surface area contributed by atoms with Crippen LogP contribution in [0.4, 0.5) is 11.6 Å². The third-order valence-corrected chi connectivity index (χ3v) is 4.66. The van der Waals surface area contributed by atoms with Gasteiger partial charge in [0.25, 0.3) is 0 Å². The lowest BCUT2D eigenvalue weighted by molar-refractivity contribution is 0.957. The van der Waals surface area contributed by atoms with Gasteiger partial charge in [-0.1, -0.05) is 6.92 Å². The molecule has 0 aliphatic carbocycles. The van der Waals surface area contributed by atoms with E-state index in [1.807, 2.05) is 6.92 Å². The molecule has 2 aromatic rings. The minimum atomic E-state index is 0.767. The molecule has 0 bridgehead atoms. The van der Waals surface area contributed by atoms with Gasteiger partial charge in [0.15, 0.2) is 0 Å². The highest BCUT2D eigenvalue weighted by atomic mass is 79.9. The maximum Gasteiger partial charge on any atom is 0.134 e. The molecular weight excluding hydrogens is 324 g/mol. The molecule has 2 heterocycles. The fourth-order valence-corrected chi connectivity index (χ4v) is 3.10. The summed E-state index contributed by atoms with van der Waals surface area (Å²) in [5.41, 5.74) is 1.06. The van der Waals surface area contributed by atoms with Crippen molar-refractivity contribution in [3.05, 3.63) is 32.7 Å². The number of aromatic nitrogens is 2. The molecule has 0 unspecified atom stereocenters. The predicted molar refractivity (Wildman–Crippen MR) is 84.9 cm³/mol.